The van der Waals surface area contributed by atoms with E-state index in [-0.39, 0.29) is 0 Å². The van der Waals surface area contributed by atoms with Crippen molar-refractivity contribution in [2.24, 2.45) is 17.8 Å². The van der Waals surface area contributed by atoms with Gasteiger partial charge in [0, 0.05) is 18.1 Å². The summed E-state index contributed by atoms with van der Waals surface area (Å²) in [6.45, 7) is 7.79. The molecule has 1 saturated carbocycles. The fourth-order valence-corrected chi connectivity index (χ4v) is 4.05. The molecule has 0 aromatic heterocycles. The zero-order valence-electron chi connectivity index (χ0n) is 13.0. The fraction of sp³-hybridized carbons (Fsp3) is 1.00. The summed E-state index contributed by atoms with van der Waals surface area (Å²) in [7, 11) is -2.80. The first-order valence-electron chi connectivity index (χ1n) is 7.74. The van der Waals surface area contributed by atoms with Crippen LogP contribution in [0.2, 0.25) is 0 Å². The van der Waals surface area contributed by atoms with Crippen LogP contribution in [-0.4, -0.2) is 33.0 Å². The quantitative estimate of drug-likeness (QED) is 0.784. The van der Waals surface area contributed by atoms with Gasteiger partial charge in [0.1, 0.15) is 9.84 Å². The maximum Gasteiger partial charge on any atom is 0.147 e. The Labute approximate surface area is 119 Å². The summed E-state index contributed by atoms with van der Waals surface area (Å²) in [6, 6.07) is 0.597. The van der Waals surface area contributed by atoms with Gasteiger partial charge in [0.15, 0.2) is 0 Å². The Morgan fingerprint density at radius 1 is 1.26 bits per heavy atom. The molecule has 1 aliphatic rings. The predicted octanol–water partition coefficient (Wildman–Crippen LogP) is 2.86. The van der Waals surface area contributed by atoms with Crippen LogP contribution >= 0.6 is 0 Å². The summed E-state index contributed by atoms with van der Waals surface area (Å²) in [4.78, 5) is 0. The van der Waals surface area contributed by atoms with Gasteiger partial charge in [-0.15, -0.1) is 0 Å². The molecule has 1 aliphatic carbocycles. The largest absolute Gasteiger partial charge is 0.314 e. The lowest BCUT2D eigenvalue weighted by atomic mass is 9.72. The van der Waals surface area contributed by atoms with Gasteiger partial charge in [0.05, 0.1) is 0 Å². The highest BCUT2D eigenvalue weighted by Crippen LogP contribution is 2.36. The maximum atomic E-state index is 11.2. The van der Waals surface area contributed by atoms with Gasteiger partial charge in [-0.05, 0) is 56.4 Å². The highest BCUT2D eigenvalue weighted by molar-refractivity contribution is 7.90. The third-order valence-electron chi connectivity index (χ3n) is 4.52. The van der Waals surface area contributed by atoms with Crippen molar-refractivity contribution < 1.29 is 8.42 Å². The topological polar surface area (TPSA) is 46.2 Å². The normalized spacial score (nSPS) is 28.8. The van der Waals surface area contributed by atoms with Crippen molar-refractivity contribution in [3.8, 4) is 0 Å². The molecule has 0 heterocycles. The number of hydrogen-bond acceptors (Lipinski definition) is 3. The average molecular weight is 289 g/mol. The molecule has 3 atom stereocenters. The predicted molar refractivity (Wildman–Crippen MR) is 82.1 cm³/mol. The van der Waals surface area contributed by atoms with Crippen molar-refractivity contribution in [3.63, 3.8) is 0 Å². The second-order valence-corrected chi connectivity index (χ2v) is 8.77. The molecule has 0 amide bonds. The highest BCUT2D eigenvalue weighted by Gasteiger charge is 2.30. The number of sulfone groups is 1. The Bertz CT molecular complexity index is 351. The molecule has 1 rings (SSSR count). The van der Waals surface area contributed by atoms with Crippen LogP contribution in [0.4, 0.5) is 0 Å². The van der Waals surface area contributed by atoms with Crippen LogP contribution in [0.15, 0.2) is 0 Å². The Morgan fingerprint density at radius 3 is 2.47 bits per heavy atom. The van der Waals surface area contributed by atoms with E-state index in [2.05, 4.69) is 26.1 Å². The van der Waals surface area contributed by atoms with Crippen LogP contribution in [0.1, 0.15) is 52.9 Å². The third kappa shape index (κ3) is 6.26. The molecular weight excluding hydrogens is 258 g/mol. The summed E-state index contributed by atoms with van der Waals surface area (Å²) >= 11 is 0. The van der Waals surface area contributed by atoms with Crippen molar-refractivity contribution in [3.05, 3.63) is 0 Å². The summed E-state index contributed by atoms with van der Waals surface area (Å²) < 4.78 is 22.5. The van der Waals surface area contributed by atoms with Crippen LogP contribution in [0.5, 0.6) is 0 Å². The van der Waals surface area contributed by atoms with Crippen LogP contribution < -0.4 is 5.32 Å². The Hall–Kier alpha value is -0.0900. The maximum absolute atomic E-state index is 11.2. The standard InChI is InChI=1S/C15H31NO2S/c1-5-16-15-9-8-13(12(2)3)11-14(15)7-6-10-19(4,17)18/h12-16H,5-11H2,1-4H3. The van der Waals surface area contributed by atoms with Crippen molar-refractivity contribution >= 4 is 9.84 Å². The lowest BCUT2D eigenvalue weighted by Crippen LogP contribution is -2.41. The van der Waals surface area contributed by atoms with Gasteiger partial charge >= 0.3 is 0 Å². The van der Waals surface area contributed by atoms with Crippen LogP contribution in [0.25, 0.3) is 0 Å². The first-order chi connectivity index (χ1) is 8.83. The van der Waals surface area contributed by atoms with Gasteiger partial charge < -0.3 is 5.32 Å². The van der Waals surface area contributed by atoms with E-state index in [1.54, 1.807) is 0 Å². The van der Waals surface area contributed by atoms with Crippen LogP contribution in [-0.2, 0) is 9.84 Å². The average Bonchev–Trinajstić information content (AvgIpc) is 2.29. The van der Waals surface area contributed by atoms with Crippen molar-refractivity contribution in [2.75, 3.05) is 18.6 Å². The summed E-state index contributed by atoms with van der Waals surface area (Å²) in [6.07, 6.45) is 7.04. The minimum atomic E-state index is -2.80. The summed E-state index contributed by atoms with van der Waals surface area (Å²) in [5.74, 6) is 2.57. The summed E-state index contributed by atoms with van der Waals surface area (Å²) in [5, 5.41) is 3.59. The molecule has 0 aromatic rings. The molecule has 4 heteroatoms. The molecule has 0 aliphatic heterocycles. The lowest BCUT2D eigenvalue weighted by Gasteiger charge is -2.38. The van der Waals surface area contributed by atoms with Crippen LogP contribution in [0, 0.1) is 17.8 Å². The zero-order valence-corrected chi connectivity index (χ0v) is 13.8. The van der Waals surface area contributed by atoms with E-state index in [4.69, 9.17) is 0 Å². The van der Waals surface area contributed by atoms with Gasteiger partial charge in [-0.25, -0.2) is 8.42 Å². The molecule has 1 N–H and O–H groups in total. The minimum Gasteiger partial charge on any atom is -0.314 e. The van der Waals surface area contributed by atoms with Gasteiger partial charge in [-0.3, -0.25) is 0 Å². The van der Waals surface area contributed by atoms with E-state index >= 15 is 0 Å². The van der Waals surface area contributed by atoms with Crippen molar-refractivity contribution in [1.82, 2.24) is 5.32 Å². The molecule has 0 spiro atoms. The number of hydrogen-bond donors (Lipinski definition) is 1. The van der Waals surface area contributed by atoms with E-state index < -0.39 is 9.84 Å². The van der Waals surface area contributed by atoms with Gasteiger partial charge in [0.2, 0.25) is 0 Å². The molecule has 3 nitrogen and oxygen atoms in total. The Kier molecular flexibility index (Phi) is 6.81. The van der Waals surface area contributed by atoms with Crippen molar-refractivity contribution in [2.45, 2.75) is 58.9 Å². The van der Waals surface area contributed by atoms with E-state index in [9.17, 15) is 8.42 Å². The highest BCUT2D eigenvalue weighted by atomic mass is 32.2. The molecule has 0 bridgehead atoms. The third-order valence-corrected chi connectivity index (χ3v) is 5.55. The first kappa shape index (κ1) is 17.0. The SMILES string of the molecule is CCNC1CCC(C(C)C)CC1CCCS(C)(=O)=O. The second kappa shape index (κ2) is 7.63. The summed E-state index contributed by atoms with van der Waals surface area (Å²) in [5.41, 5.74) is 0. The van der Waals surface area contributed by atoms with E-state index in [0.29, 0.717) is 17.7 Å². The Balaban J connectivity index is 2.51. The second-order valence-electron chi connectivity index (χ2n) is 6.51. The van der Waals surface area contributed by atoms with E-state index in [0.717, 1.165) is 31.2 Å². The monoisotopic (exact) mass is 289 g/mol. The van der Waals surface area contributed by atoms with E-state index in [1.807, 2.05) is 0 Å². The number of rotatable bonds is 7. The smallest absolute Gasteiger partial charge is 0.147 e. The molecule has 19 heavy (non-hydrogen) atoms. The lowest BCUT2D eigenvalue weighted by molar-refractivity contribution is 0.161. The number of nitrogens with one attached hydrogen (secondary N) is 1. The van der Waals surface area contributed by atoms with Gasteiger partial charge in [-0.1, -0.05) is 20.8 Å². The molecule has 1 fully saturated rings. The molecule has 0 aromatic carbocycles. The van der Waals surface area contributed by atoms with Crippen molar-refractivity contribution in [1.29, 1.82) is 0 Å². The fourth-order valence-electron chi connectivity index (χ4n) is 3.36. The molecule has 0 radical (unpaired) electrons. The molecule has 3 unspecified atom stereocenters. The van der Waals surface area contributed by atoms with Gasteiger partial charge in [-0.2, -0.15) is 0 Å². The molecular formula is C15H31NO2S. The molecule has 114 valence electrons. The van der Waals surface area contributed by atoms with Crippen LogP contribution in [0.3, 0.4) is 0 Å². The first-order valence-corrected chi connectivity index (χ1v) is 9.80. The van der Waals surface area contributed by atoms with Gasteiger partial charge in [0.25, 0.3) is 0 Å². The molecule has 0 saturated heterocycles. The van der Waals surface area contributed by atoms with E-state index in [1.165, 1.54) is 25.5 Å². The minimum absolute atomic E-state index is 0.342. The zero-order chi connectivity index (χ0) is 14.5. The Morgan fingerprint density at radius 2 is 1.95 bits per heavy atom.